The molecule has 0 bridgehead atoms. The van der Waals surface area contributed by atoms with Crippen LogP contribution in [0, 0.1) is 11.3 Å². The highest BCUT2D eigenvalue weighted by Gasteiger charge is 2.10. The first kappa shape index (κ1) is 13.4. The smallest absolute Gasteiger partial charge is 0.132 e. The van der Waals surface area contributed by atoms with E-state index in [1.807, 2.05) is 10.8 Å². The number of unbranched alkanes of at least 4 members (excludes halogenated alkanes) is 1. The number of hydrogen-bond acceptors (Lipinski definition) is 4. The fourth-order valence-corrected chi connectivity index (χ4v) is 1.88. The predicted octanol–water partition coefficient (Wildman–Crippen LogP) is 2.91. The van der Waals surface area contributed by atoms with Gasteiger partial charge in [-0.1, -0.05) is 11.6 Å². The van der Waals surface area contributed by atoms with Gasteiger partial charge in [0.2, 0.25) is 0 Å². The lowest BCUT2D eigenvalue weighted by atomic mass is 10.2. The van der Waals surface area contributed by atoms with Crippen LogP contribution in [-0.4, -0.2) is 21.6 Å². The van der Waals surface area contributed by atoms with E-state index in [4.69, 9.17) is 21.6 Å². The lowest BCUT2D eigenvalue weighted by molar-refractivity contribution is 0.416. The molecule has 2 aromatic heterocycles. The summed E-state index contributed by atoms with van der Waals surface area (Å²) < 4.78 is 7.22. The Morgan fingerprint density at radius 1 is 1.47 bits per heavy atom. The Hall–Kier alpha value is -2.06. The van der Waals surface area contributed by atoms with Crippen molar-refractivity contribution in [2.45, 2.75) is 19.4 Å². The average molecular weight is 277 g/mol. The number of hydrogen-bond donors (Lipinski definition) is 0. The number of imidazole rings is 1. The molecule has 2 aromatic rings. The molecule has 0 atom stereocenters. The highest BCUT2D eigenvalue weighted by molar-refractivity contribution is 6.29. The van der Waals surface area contributed by atoms with Gasteiger partial charge >= 0.3 is 0 Å². The molecule has 0 fully saturated rings. The van der Waals surface area contributed by atoms with Crippen molar-refractivity contribution >= 4 is 11.6 Å². The third-order valence-corrected chi connectivity index (χ3v) is 2.87. The van der Waals surface area contributed by atoms with E-state index in [2.05, 4.69) is 16.0 Å². The Balaban J connectivity index is 2.21. The van der Waals surface area contributed by atoms with Crippen molar-refractivity contribution < 1.29 is 4.74 Å². The first-order valence-electron chi connectivity index (χ1n) is 5.83. The summed E-state index contributed by atoms with van der Waals surface area (Å²) in [5, 5.41) is 8.89. The molecule has 0 N–H and O–H groups in total. The van der Waals surface area contributed by atoms with E-state index in [0.29, 0.717) is 17.3 Å². The molecule has 0 aliphatic rings. The zero-order valence-corrected chi connectivity index (χ0v) is 11.3. The molecule has 98 valence electrons. The van der Waals surface area contributed by atoms with E-state index < -0.39 is 0 Å². The van der Waals surface area contributed by atoms with Crippen molar-refractivity contribution in [3.8, 4) is 23.1 Å². The van der Waals surface area contributed by atoms with Crippen molar-refractivity contribution in [3.63, 3.8) is 0 Å². The Labute approximate surface area is 116 Å². The van der Waals surface area contributed by atoms with Crippen LogP contribution in [-0.2, 0) is 6.54 Å². The van der Waals surface area contributed by atoms with Gasteiger partial charge in [0.05, 0.1) is 30.8 Å². The third kappa shape index (κ3) is 3.24. The van der Waals surface area contributed by atoms with Gasteiger partial charge in [0.15, 0.2) is 0 Å². The Morgan fingerprint density at radius 3 is 3.05 bits per heavy atom. The molecule has 0 spiro atoms. The monoisotopic (exact) mass is 276 g/mol. The second kappa shape index (κ2) is 6.21. The number of methoxy groups -OCH3 is 1. The Kier molecular flexibility index (Phi) is 4.37. The molecule has 5 nitrogen and oxygen atoms in total. The molecule has 19 heavy (non-hydrogen) atoms. The number of ether oxygens (including phenoxy) is 1. The van der Waals surface area contributed by atoms with Crippen molar-refractivity contribution in [2.24, 2.45) is 0 Å². The highest BCUT2D eigenvalue weighted by atomic mass is 35.5. The molecular weight excluding hydrogens is 264 g/mol. The number of nitriles is 1. The van der Waals surface area contributed by atoms with Crippen LogP contribution in [0.4, 0.5) is 0 Å². The van der Waals surface area contributed by atoms with Gasteiger partial charge in [0.25, 0.3) is 0 Å². The van der Waals surface area contributed by atoms with Gasteiger partial charge in [-0.3, -0.25) is 0 Å². The SMILES string of the molecule is COc1cc(Cl)ncc1-c1cn(CCCC#N)cn1. The summed E-state index contributed by atoms with van der Waals surface area (Å²) in [6.45, 7) is 0.768. The van der Waals surface area contributed by atoms with E-state index in [1.165, 1.54) is 0 Å². The fraction of sp³-hybridized carbons (Fsp3) is 0.308. The van der Waals surface area contributed by atoms with E-state index in [-0.39, 0.29) is 0 Å². The summed E-state index contributed by atoms with van der Waals surface area (Å²) >= 11 is 5.83. The number of aryl methyl sites for hydroxylation is 1. The molecule has 0 unspecified atom stereocenters. The van der Waals surface area contributed by atoms with Crippen molar-refractivity contribution in [3.05, 3.63) is 29.9 Å². The number of nitrogens with zero attached hydrogens (tertiary/aromatic N) is 4. The number of rotatable bonds is 5. The summed E-state index contributed by atoms with van der Waals surface area (Å²) in [6.07, 6.45) is 6.64. The maximum atomic E-state index is 8.51. The van der Waals surface area contributed by atoms with Gasteiger partial charge in [-0.15, -0.1) is 0 Å². The largest absolute Gasteiger partial charge is 0.496 e. The van der Waals surface area contributed by atoms with E-state index >= 15 is 0 Å². The van der Waals surface area contributed by atoms with E-state index in [9.17, 15) is 0 Å². The van der Waals surface area contributed by atoms with E-state index in [1.54, 1.807) is 25.7 Å². The second-order valence-electron chi connectivity index (χ2n) is 3.97. The number of pyridine rings is 1. The molecular formula is C13H13ClN4O. The minimum Gasteiger partial charge on any atom is -0.496 e. The van der Waals surface area contributed by atoms with Crippen LogP contribution in [0.5, 0.6) is 5.75 Å². The van der Waals surface area contributed by atoms with Gasteiger partial charge < -0.3 is 9.30 Å². The minimum absolute atomic E-state index is 0.383. The summed E-state index contributed by atoms with van der Waals surface area (Å²) in [5.74, 6) is 0.641. The number of halogens is 1. The third-order valence-electron chi connectivity index (χ3n) is 2.67. The zero-order chi connectivity index (χ0) is 13.7. The Morgan fingerprint density at radius 2 is 2.32 bits per heavy atom. The first-order chi connectivity index (χ1) is 9.24. The lowest BCUT2D eigenvalue weighted by Crippen LogP contribution is -1.93. The van der Waals surface area contributed by atoms with Gasteiger partial charge in [0.1, 0.15) is 10.9 Å². The molecule has 0 saturated carbocycles. The topological polar surface area (TPSA) is 63.7 Å². The van der Waals surface area contributed by atoms with E-state index in [0.717, 1.165) is 24.2 Å². The zero-order valence-electron chi connectivity index (χ0n) is 10.5. The molecule has 2 heterocycles. The molecule has 0 amide bonds. The normalized spacial score (nSPS) is 10.2. The van der Waals surface area contributed by atoms with Gasteiger partial charge in [-0.05, 0) is 6.42 Å². The molecule has 0 aromatic carbocycles. The maximum Gasteiger partial charge on any atom is 0.132 e. The van der Waals surface area contributed by atoms with Crippen molar-refractivity contribution in [2.75, 3.05) is 7.11 Å². The predicted molar refractivity (Wildman–Crippen MR) is 71.9 cm³/mol. The molecule has 0 aliphatic heterocycles. The molecule has 2 rings (SSSR count). The molecule has 6 heteroatoms. The summed E-state index contributed by atoms with van der Waals surface area (Å²) in [5.41, 5.74) is 1.57. The molecule has 0 saturated heterocycles. The van der Waals surface area contributed by atoms with Crippen LogP contribution in [0.2, 0.25) is 5.15 Å². The van der Waals surface area contributed by atoms with Crippen LogP contribution in [0.15, 0.2) is 24.8 Å². The van der Waals surface area contributed by atoms with Crippen molar-refractivity contribution in [1.29, 1.82) is 5.26 Å². The highest BCUT2D eigenvalue weighted by Crippen LogP contribution is 2.29. The molecule has 0 radical (unpaired) electrons. The van der Waals surface area contributed by atoms with Crippen LogP contribution < -0.4 is 4.74 Å². The van der Waals surface area contributed by atoms with Crippen LogP contribution in [0.3, 0.4) is 0 Å². The maximum absolute atomic E-state index is 8.51. The van der Waals surface area contributed by atoms with Crippen LogP contribution >= 0.6 is 11.6 Å². The second-order valence-corrected chi connectivity index (χ2v) is 4.35. The van der Waals surface area contributed by atoms with Gasteiger partial charge in [-0.25, -0.2) is 9.97 Å². The molecule has 0 aliphatic carbocycles. The number of aromatic nitrogens is 3. The van der Waals surface area contributed by atoms with Crippen LogP contribution in [0.25, 0.3) is 11.3 Å². The average Bonchev–Trinajstić information content (AvgIpc) is 2.87. The summed E-state index contributed by atoms with van der Waals surface area (Å²) in [6, 6.07) is 3.78. The van der Waals surface area contributed by atoms with Gasteiger partial charge in [0, 0.05) is 31.4 Å². The standard InChI is InChI=1S/C13H13ClN4O/c1-19-12-6-13(14)16-7-10(12)11-8-18(9-17-11)5-3-2-4-15/h6-9H,2-3,5H2,1H3. The first-order valence-corrected chi connectivity index (χ1v) is 6.21. The van der Waals surface area contributed by atoms with Gasteiger partial charge in [-0.2, -0.15) is 5.26 Å². The quantitative estimate of drug-likeness (QED) is 0.622. The van der Waals surface area contributed by atoms with Crippen LogP contribution in [0.1, 0.15) is 12.8 Å². The Bertz CT molecular complexity index is 603. The fourth-order valence-electron chi connectivity index (χ4n) is 1.74. The summed E-state index contributed by atoms with van der Waals surface area (Å²) in [4.78, 5) is 8.36. The lowest BCUT2D eigenvalue weighted by Gasteiger charge is -2.05. The summed E-state index contributed by atoms with van der Waals surface area (Å²) in [7, 11) is 1.58. The van der Waals surface area contributed by atoms with Crippen molar-refractivity contribution in [1.82, 2.24) is 14.5 Å². The minimum atomic E-state index is 0.383.